The van der Waals surface area contributed by atoms with Crippen LogP contribution in [0.1, 0.15) is 5.56 Å². The van der Waals surface area contributed by atoms with Crippen LogP contribution in [-0.4, -0.2) is 20.9 Å². The summed E-state index contributed by atoms with van der Waals surface area (Å²) in [5, 5.41) is 12.8. The van der Waals surface area contributed by atoms with Gasteiger partial charge in [-0.15, -0.1) is 0 Å². The first-order valence-electron chi connectivity index (χ1n) is 5.15. The molecule has 0 aliphatic rings. The Morgan fingerprint density at radius 1 is 1.35 bits per heavy atom. The molecule has 0 atom stereocenters. The molecule has 1 aromatic heterocycles. The fourth-order valence-corrected chi connectivity index (χ4v) is 1.36. The molecule has 0 amide bonds. The number of hydrogen-bond acceptors (Lipinski definition) is 4. The average molecular weight is 232 g/mol. The lowest BCUT2D eigenvalue weighted by atomic mass is 10.2. The van der Waals surface area contributed by atoms with Crippen LogP contribution in [0.3, 0.4) is 0 Å². The van der Waals surface area contributed by atoms with Gasteiger partial charge in [-0.3, -0.25) is 9.48 Å². The third kappa shape index (κ3) is 3.34. The van der Waals surface area contributed by atoms with E-state index in [0.29, 0.717) is 0 Å². The Hall–Kier alpha value is -2.30. The molecular weight excluding hydrogens is 220 g/mol. The summed E-state index contributed by atoms with van der Waals surface area (Å²) in [6.07, 6.45) is 2.63. The molecule has 0 spiro atoms. The second-order valence-corrected chi connectivity index (χ2v) is 3.54. The second-order valence-electron chi connectivity index (χ2n) is 3.54. The van der Waals surface area contributed by atoms with E-state index in [-0.39, 0.29) is 18.9 Å². The Kier molecular flexibility index (Phi) is 3.40. The predicted octanol–water partition coefficient (Wildman–Crippen LogP) is 1.33. The number of ether oxygens (including phenoxy) is 1. The molecule has 2 aromatic rings. The van der Waals surface area contributed by atoms with E-state index in [1.54, 1.807) is 0 Å². The van der Waals surface area contributed by atoms with Crippen molar-refractivity contribution in [1.29, 1.82) is 0 Å². The van der Waals surface area contributed by atoms with Crippen LogP contribution in [0.2, 0.25) is 0 Å². The summed E-state index contributed by atoms with van der Waals surface area (Å²) >= 11 is 0. The largest absolute Gasteiger partial charge is 0.505 e. The summed E-state index contributed by atoms with van der Waals surface area (Å²) in [4.78, 5) is 11.4. The molecule has 1 aromatic carbocycles. The molecule has 0 fully saturated rings. The maximum Gasteiger partial charge on any atom is 0.328 e. The number of esters is 1. The average Bonchev–Trinajstić information content (AvgIpc) is 2.73. The minimum Gasteiger partial charge on any atom is -0.505 e. The molecule has 1 heterocycles. The molecule has 88 valence electrons. The van der Waals surface area contributed by atoms with Crippen LogP contribution < -0.4 is 0 Å². The van der Waals surface area contributed by atoms with E-state index in [0.717, 1.165) is 5.56 Å². The lowest BCUT2D eigenvalue weighted by Gasteiger charge is -2.04. The maximum absolute atomic E-state index is 11.4. The molecule has 1 N–H and O–H groups in total. The Labute approximate surface area is 98.3 Å². The van der Waals surface area contributed by atoms with Crippen molar-refractivity contribution in [2.75, 3.05) is 0 Å². The summed E-state index contributed by atoms with van der Waals surface area (Å²) in [6, 6.07) is 9.43. The summed E-state index contributed by atoms with van der Waals surface area (Å²) < 4.78 is 6.38. The highest BCUT2D eigenvalue weighted by atomic mass is 16.5. The third-order valence-corrected chi connectivity index (χ3v) is 2.15. The van der Waals surface area contributed by atoms with Crippen LogP contribution in [0.25, 0.3) is 0 Å². The van der Waals surface area contributed by atoms with Gasteiger partial charge >= 0.3 is 5.97 Å². The first-order valence-corrected chi connectivity index (χ1v) is 5.15. The van der Waals surface area contributed by atoms with E-state index < -0.39 is 5.97 Å². The summed E-state index contributed by atoms with van der Waals surface area (Å²) in [5.41, 5.74) is 0.934. The first kappa shape index (κ1) is 11.2. The molecule has 2 rings (SSSR count). The zero-order valence-corrected chi connectivity index (χ0v) is 9.11. The highest BCUT2D eigenvalue weighted by molar-refractivity contribution is 5.69. The van der Waals surface area contributed by atoms with Crippen LogP contribution in [0.15, 0.2) is 42.7 Å². The zero-order chi connectivity index (χ0) is 12.1. The molecule has 0 radical (unpaired) electrons. The van der Waals surface area contributed by atoms with Gasteiger partial charge in [0, 0.05) is 0 Å². The number of carbonyl (C=O) groups excluding carboxylic acids is 1. The topological polar surface area (TPSA) is 64.4 Å². The third-order valence-electron chi connectivity index (χ3n) is 2.15. The predicted molar refractivity (Wildman–Crippen MR) is 60.1 cm³/mol. The van der Waals surface area contributed by atoms with Gasteiger partial charge in [-0.05, 0) is 5.56 Å². The van der Waals surface area contributed by atoms with Crippen molar-refractivity contribution >= 4 is 5.97 Å². The number of benzene rings is 1. The van der Waals surface area contributed by atoms with Crippen molar-refractivity contribution in [2.45, 2.75) is 13.2 Å². The zero-order valence-electron chi connectivity index (χ0n) is 9.11. The molecule has 5 nitrogen and oxygen atoms in total. The van der Waals surface area contributed by atoms with Crippen LogP contribution in [0.5, 0.6) is 5.75 Å². The van der Waals surface area contributed by atoms with Gasteiger partial charge in [0.1, 0.15) is 13.2 Å². The molecular formula is C12H12N2O3. The molecule has 17 heavy (non-hydrogen) atoms. The summed E-state index contributed by atoms with van der Waals surface area (Å²) in [6.45, 7) is 0.236. The Morgan fingerprint density at radius 2 is 2.12 bits per heavy atom. The SMILES string of the molecule is O=C(Cn1cc(O)cn1)OCc1ccccc1. The van der Waals surface area contributed by atoms with Gasteiger partial charge in [-0.1, -0.05) is 30.3 Å². The second kappa shape index (κ2) is 5.16. The lowest BCUT2D eigenvalue weighted by molar-refractivity contribution is -0.145. The van der Waals surface area contributed by atoms with Crippen molar-refractivity contribution in [3.05, 3.63) is 48.3 Å². The van der Waals surface area contributed by atoms with E-state index in [2.05, 4.69) is 5.10 Å². The fraction of sp³-hybridized carbons (Fsp3) is 0.167. The maximum atomic E-state index is 11.4. The van der Waals surface area contributed by atoms with Gasteiger partial charge < -0.3 is 9.84 Å². The first-order chi connectivity index (χ1) is 8.24. The van der Waals surface area contributed by atoms with Crippen molar-refractivity contribution in [1.82, 2.24) is 9.78 Å². The standard InChI is InChI=1S/C12H12N2O3/c15-11-6-13-14(7-11)8-12(16)17-9-10-4-2-1-3-5-10/h1-7,15H,8-9H2. The van der Waals surface area contributed by atoms with Crippen LogP contribution in [0, 0.1) is 0 Å². The van der Waals surface area contributed by atoms with E-state index in [9.17, 15) is 4.79 Å². The number of nitrogens with zero attached hydrogens (tertiary/aromatic N) is 2. The Morgan fingerprint density at radius 3 is 2.76 bits per heavy atom. The monoisotopic (exact) mass is 232 g/mol. The van der Waals surface area contributed by atoms with Gasteiger partial charge in [-0.25, -0.2) is 0 Å². The van der Waals surface area contributed by atoms with Crippen molar-refractivity contribution < 1.29 is 14.6 Å². The van der Waals surface area contributed by atoms with Crippen LogP contribution in [0.4, 0.5) is 0 Å². The highest BCUT2D eigenvalue weighted by Crippen LogP contribution is 2.05. The van der Waals surface area contributed by atoms with Gasteiger partial charge in [0.05, 0.1) is 12.4 Å². The van der Waals surface area contributed by atoms with Gasteiger partial charge in [-0.2, -0.15) is 5.10 Å². The molecule has 5 heteroatoms. The molecule has 0 aliphatic heterocycles. The molecule has 0 bridgehead atoms. The number of aromatic nitrogens is 2. The normalized spacial score (nSPS) is 10.1. The Bertz CT molecular complexity index is 493. The van der Waals surface area contributed by atoms with Gasteiger partial charge in [0.15, 0.2) is 5.75 Å². The number of aromatic hydroxyl groups is 1. The van der Waals surface area contributed by atoms with Crippen molar-refractivity contribution in [2.24, 2.45) is 0 Å². The van der Waals surface area contributed by atoms with Crippen LogP contribution >= 0.6 is 0 Å². The number of carbonyl (C=O) groups is 1. The van der Waals surface area contributed by atoms with Crippen molar-refractivity contribution in [3.8, 4) is 5.75 Å². The molecule has 0 unspecified atom stereocenters. The fourth-order valence-electron chi connectivity index (χ4n) is 1.36. The van der Waals surface area contributed by atoms with E-state index in [1.807, 2.05) is 30.3 Å². The van der Waals surface area contributed by atoms with Gasteiger partial charge in [0.2, 0.25) is 0 Å². The van der Waals surface area contributed by atoms with E-state index in [4.69, 9.17) is 9.84 Å². The summed E-state index contributed by atoms with van der Waals surface area (Å²) in [7, 11) is 0. The quantitative estimate of drug-likeness (QED) is 0.808. The number of hydrogen-bond donors (Lipinski definition) is 1. The summed E-state index contributed by atoms with van der Waals surface area (Å²) in [5.74, 6) is -0.363. The van der Waals surface area contributed by atoms with Gasteiger partial charge in [0.25, 0.3) is 0 Å². The minimum atomic E-state index is -0.392. The number of rotatable bonds is 4. The van der Waals surface area contributed by atoms with E-state index >= 15 is 0 Å². The van der Waals surface area contributed by atoms with E-state index in [1.165, 1.54) is 17.1 Å². The minimum absolute atomic E-state index is 0.00655. The molecule has 0 saturated carbocycles. The van der Waals surface area contributed by atoms with Crippen LogP contribution in [-0.2, 0) is 22.7 Å². The smallest absolute Gasteiger partial charge is 0.328 e. The van der Waals surface area contributed by atoms with Crippen molar-refractivity contribution in [3.63, 3.8) is 0 Å². The highest BCUT2D eigenvalue weighted by Gasteiger charge is 2.05. The Balaban J connectivity index is 1.82. The lowest BCUT2D eigenvalue weighted by Crippen LogP contribution is -2.13. The molecule has 0 saturated heterocycles. The molecule has 0 aliphatic carbocycles.